The third kappa shape index (κ3) is 1.56. The minimum Gasteiger partial charge on any atom is -0.508 e. The van der Waals surface area contributed by atoms with E-state index < -0.39 is 17.1 Å². The maximum absolute atomic E-state index is 12.7. The topological polar surface area (TPSA) is 70.0 Å². The summed E-state index contributed by atoms with van der Waals surface area (Å²) < 4.78 is 6.10. The molecular formula is C20H23NO4. The Morgan fingerprint density at radius 3 is 2.92 bits per heavy atom. The van der Waals surface area contributed by atoms with Crippen LogP contribution in [0.1, 0.15) is 43.2 Å². The van der Waals surface area contributed by atoms with E-state index in [0.717, 1.165) is 36.6 Å². The van der Waals surface area contributed by atoms with Gasteiger partial charge in [0.2, 0.25) is 0 Å². The summed E-state index contributed by atoms with van der Waals surface area (Å²) in [6, 6.07) is 3.41. The van der Waals surface area contributed by atoms with E-state index in [0.29, 0.717) is 25.0 Å². The fraction of sp³-hybridized carbons (Fsp3) is 0.650. The van der Waals surface area contributed by atoms with Crippen molar-refractivity contribution in [1.29, 1.82) is 0 Å². The summed E-state index contributed by atoms with van der Waals surface area (Å²) in [6.45, 7) is 1.92. The third-order valence-electron chi connectivity index (χ3n) is 7.58. The molecular weight excluding hydrogens is 318 g/mol. The van der Waals surface area contributed by atoms with Crippen LogP contribution < -0.4 is 4.74 Å². The molecule has 2 N–H and O–H groups in total. The van der Waals surface area contributed by atoms with Gasteiger partial charge in [-0.1, -0.05) is 0 Å². The van der Waals surface area contributed by atoms with E-state index in [2.05, 4.69) is 4.90 Å². The van der Waals surface area contributed by atoms with Crippen LogP contribution in [0.15, 0.2) is 12.1 Å². The lowest BCUT2D eigenvalue weighted by atomic mass is 9.49. The molecule has 2 bridgehead atoms. The second-order valence-corrected chi connectivity index (χ2v) is 8.70. The van der Waals surface area contributed by atoms with E-state index in [1.807, 2.05) is 0 Å². The Hall–Kier alpha value is -1.59. The summed E-state index contributed by atoms with van der Waals surface area (Å²) >= 11 is 0. The number of aromatic hydroxyl groups is 1. The van der Waals surface area contributed by atoms with Crippen molar-refractivity contribution < 1.29 is 19.7 Å². The molecule has 1 saturated heterocycles. The minimum absolute atomic E-state index is 0.0344. The van der Waals surface area contributed by atoms with Gasteiger partial charge in [-0.15, -0.1) is 0 Å². The monoisotopic (exact) mass is 341 g/mol. The summed E-state index contributed by atoms with van der Waals surface area (Å²) in [5.74, 6) is 1.82. The van der Waals surface area contributed by atoms with E-state index in [-0.39, 0.29) is 17.6 Å². The number of hydrogen-bond donors (Lipinski definition) is 2. The molecule has 2 heterocycles. The number of nitrogens with zero attached hydrogens (tertiary/aromatic N) is 1. The summed E-state index contributed by atoms with van der Waals surface area (Å²) in [5, 5.41) is 22.5. The minimum atomic E-state index is -0.940. The number of ketones is 1. The molecule has 2 saturated carbocycles. The van der Waals surface area contributed by atoms with Crippen molar-refractivity contribution in [3.8, 4) is 11.5 Å². The number of phenolic OH excluding ortho intramolecular Hbond substituents is 1. The van der Waals surface area contributed by atoms with E-state index in [9.17, 15) is 15.0 Å². The molecule has 0 amide bonds. The molecule has 3 unspecified atom stereocenters. The van der Waals surface area contributed by atoms with Crippen LogP contribution in [-0.4, -0.2) is 51.7 Å². The number of benzene rings is 1. The molecule has 4 atom stereocenters. The van der Waals surface area contributed by atoms with E-state index in [4.69, 9.17) is 4.74 Å². The molecule has 6 rings (SSSR count). The Kier molecular flexibility index (Phi) is 2.55. The smallest absolute Gasteiger partial charge is 0.174 e. The molecule has 1 aromatic carbocycles. The zero-order chi connectivity index (χ0) is 17.0. The van der Waals surface area contributed by atoms with Crippen molar-refractivity contribution in [2.75, 3.05) is 13.1 Å². The number of carbonyl (C=O) groups excluding carboxylic acids is 1. The maximum atomic E-state index is 12.7. The number of likely N-dealkylation sites (tertiary alicyclic amines) is 1. The Labute approximate surface area is 146 Å². The van der Waals surface area contributed by atoms with Crippen molar-refractivity contribution >= 4 is 5.78 Å². The van der Waals surface area contributed by atoms with Gasteiger partial charge in [0.05, 0.1) is 11.0 Å². The molecule has 3 aliphatic carbocycles. The number of piperidine rings is 1. The molecule has 0 radical (unpaired) electrons. The van der Waals surface area contributed by atoms with Gasteiger partial charge in [-0.25, -0.2) is 0 Å². The van der Waals surface area contributed by atoms with Gasteiger partial charge in [0.15, 0.2) is 11.9 Å². The highest BCUT2D eigenvalue weighted by atomic mass is 16.5. The standard InChI is InChI=1S/C20H23NO4/c22-13-3-4-15-17-12(13)9-16-20(24)6-5-14(23)18(25-15)19(17,20)7-8-21(16)10-11-1-2-11/h3-4,11,16,18,22,24H,1-2,5-10H2/t16?,18?,19-,20?/m0/s1. The zero-order valence-corrected chi connectivity index (χ0v) is 14.2. The van der Waals surface area contributed by atoms with Gasteiger partial charge in [-0.05, 0) is 56.7 Å². The van der Waals surface area contributed by atoms with Gasteiger partial charge in [0, 0.05) is 30.1 Å². The van der Waals surface area contributed by atoms with Gasteiger partial charge in [0.25, 0.3) is 0 Å². The van der Waals surface area contributed by atoms with Crippen LogP contribution in [0.2, 0.25) is 0 Å². The average molecular weight is 341 g/mol. The number of carbonyl (C=O) groups is 1. The fourth-order valence-corrected chi connectivity index (χ4v) is 6.28. The number of ether oxygens (including phenoxy) is 1. The van der Waals surface area contributed by atoms with Crippen molar-refractivity contribution in [1.82, 2.24) is 4.90 Å². The molecule has 2 aliphatic heterocycles. The van der Waals surface area contributed by atoms with E-state index >= 15 is 0 Å². The van der Waals surface area contributed by atoms with Gasteiger partial charge in [-0.3, -0.25) is 9.69 Å². The maximum Gasteiger partial charge on any atom is 0.174 e. The molecule has 1 aromatic rings. The van der Waals surface area contributed by atoms with Crippen LogP contribution >= 0.6 is 0 Å². The molecule has 25 heavy (non-hydrogen) atoms. The first kappa shape index (κ1) is 14.6. The predicted octanol–water partition coefficient (Wildman–Crippen LogP) is 1.53. The molecule has 1 spiro atoms. The van der Waals surface area contributed by atoms with Gasteiger partial charge >= 0.3 is 0 Å². The molecule has 5 nitrogen and oxygen atoms in total. The third-order valence-corrected chi connectivity index (χ3v) is 7.58. The van der Waals surface area contributed by atoms with Crippen LogP contribution in [0, 0.1) is 5.92 Å². The zero-order valence-electron chi connectivity index (χ0n) is 14.2. The van der Waals surface area contributed by atoms with Crippen LogP contribution in [0.5, 0.6) is 11.5 Å². The van der Waals surface area contributed by atoms with Crippen molar-refractivity contribution in [3.63, 3.8) is 0 Å². The number of rotatable bonds is 2. The first-order valence-corrected chi connectivity index (χ1v) is 9.56. The first-order chi connectivity index (χ1) is 12.0. The lowest BCUT2D eigenvalue weighted by molar-refractivity contribution is -0.189. The quantitative estimate of drug-likeness (QED) is 0.854. The Bertz CT molecular complexity index is 803. The second kappa shape index (κ2) is 4.38. The highest BCUT2D eigenvalue weighted by molar-refractivity contribution is 5.89. The second-order valence-electron chi connectivity index (χ2n) is 8.70. The Morgan fingerprint density at radius 1 is 1.28 bits per heavy atom. The van der Waals surface area contributed by atoms with Crippen molar-refractivity contribution in [2.24, 2.45) is 5.92 Å². The van der Waals surface area contributed by atoms with Crippen LogP contribution in [-0.2, 0) is 16.6 Å². The SMILES string of the molecule is O=C1CCC2(O)C3Cc4c(O)ccc5c4[C@@]2(CCN3CC2CC2)C1O5. The lowest BCUT2D eigenvalue weighted by Gasteiger charge is -2.62. The highest BCUT2D eigenvalue weighted by Gasteiger charge is 2.73. The molecule has 0 aromatic heterocycles. The summed E-state index contributed by atoms with van der Waals surface area (Å²) in [4.78, 5) is 15.1. The highest BCUT2D eigenvalue weighted by Crippen LogP contribution is 2.64. The number of aliphatic hydroxyl groups is 1. The van der Waals surface area contributed by atoms with Crippen LogP contribution in [0.25, 0.3) is 0 Å². The van der Waals surface area contributed by atoms with Crippen molar-refractivity contribution in [2.45, 2.75) is 61.7 Å². The molecule has 3 fully saturated rings. The van der Waals surface area contributed by atoms with E-state index in [1.54, 1.807) is 12.1 Å². The molecule has 5 aliphatic rings. The molecule has 132 valence electrons. The summed E-state index contributed by atoms with van der Waals surface area (Å²) in [7, 11) is 0. The number of hydrogen-bond acceptors (Lipinski definition) is 5. The summed E-state index contributed by atoms with van der Waals surface area (Å²) in [5.41, 5.74) is 0.208. The number of Topliss-reactive ketones (excluding diaryl/α,β-unsaturated/α-hetero) is 1. The van der Waals surface area contributed by atoms with Crippen LogP contribution in [0.4, 0.5) is 0 Å². The van der Waals surface area contributed by atoms with E-state index in [1.165, 1.54) is 12.8 Å². The normalized spacial score (nSPS) is 41.4. The van der Waals surface area contributed by atoms with Gasteiger partial charge < -0.3 is 14.9 Å². The van der Waals surface area contributed by atoms with Crippen molar-refractivity contribution in [3.05, 3.63) is 23.3 Å². The predicted molar refractivity (Wildman–Crippen MR) is 89.8 cm³/mol. The largest absolute Gasteiger partial charge is 0.508 e. The van der Waals surface area contributed by atoms with Gasteiger partial charge in [-0.2, -0.15) is 0 Å². The van der Waals surface area contributed by atoms with Gasteiger partial charge in [0.1, 0.15) is 11.5 Å². The Morgan fingerprint density at radius 2 is 2.12 bits per heavy atom. The molecule has 5 heteroatoms. The average Bonchev–Trinajstić information content (AvgIpc) is 3.33. The fourth-order valence-electron chi connectivity index (χ4n) is 6.28. The van der Waals surface area contributed by atoms with Crippen LogP contribution in [0.3, 0.4) is 0 Å². The first-order valence-electron chi connectivity index (χ1n) is 9.56. The summed E-state index contributed by atoms with van der Waals surface area (Å²) in [6.07, 6.45) is 4.23. The Balaban J connectivity index is 1.59. The number of phenols is 1. The lowest BCUT2D eigenvalue weighted by Crippen LogP contribution is -2.76.